The van der Waals surface area contributed by atoms with Gasteiger partial charge in [-0.1, -0.05) is 0 Å². The molecule has 0 aliphatic rings. The molecule has 15 heavy (non-hydrogen) atoms. The molecule has 0 spiro atoms. The third-order valence-corrected chi connectivity index (χ3v) is 1.62. The van der Waals surface area contributed by atoms with Gasteiger partial charge in [0.05, 0.1) is 0 Å². The van der Waals surface area contributed by atoms with E-state index in [0.29, 0.717) is 13.0 Å². The largest absolute Gasteiger partial charge is 0.481 e. The molecule has 1 aromatic rings. The molecular weight excluding hydrogens is 198 g/mol. The molecule has 0 saturated heterocycles. The van der Waals surface area contributed by atoms with E-state index in [4.69, 9.17) is 5.11 Å². The molecule has 1 rings (SSSR count). The smallest absolute Gasteiger partial charge is 0.303 e. The summed E-state index contributed by atoms with van der Waals surface area (Å²) in [5.74, 6) is -1.17. The van der Waals surface area contributed by atoms with E-state index in [0.717, 1.165) is 0 Å². The van der Waals surface area contributed by atoms with Crippen LogP contribution in [0.15, 0.2) is 18.5 Å². The maximum Gasteiger partial charge on any atom is 0.303 e. The van der Waals surface area contributed by atoms with E-state index in [1.54, 1.807) is 6.07 Å². The fourth-order valence-corrected chi connectivity index (χ4v) is 0.937. The van der Waals surface area contributed by atoms with E-state index in [-0.39, 0.29) is 18.2 Å². The Kier molecular flexibility index (Phi) is 4.21. The molecule has 0 atom stereocenters. The second-order valence-electron chi connectivity index (χ2n) is 2.83. The van der Waals surface area contributed by atoms with Crippen LogP contribution < -0.4 is 5.32 Å². The molecule has 0 aliphatic heterocycles. The summed E-state index contributed by atoms with van der Waals surface area (Å²) in [7, 11) is 0. The highest BCUT2D eigenvalue weighted by Gasteiger charge is 2.06. The van der Waals surface area contributed by atoms with E-state index < -0.39 is 5.97 Å². The summed E-state index contributed by atoms with van der Waals surface area (Å²) < 4.78 is 0. The molecule has 1 aromatic heterocycles. The lowest BCUT2D eigenvalue weighted by molar-refractivity contribution is -0.137. The lowest BCUT2D eigenvalue weighted by Crippen LogP contribution is -2.26. The number of nitrogens with one attached hydrogen (secondary N) is 1. The van der Waals surface area contributed by atoms with Gasteiger partial charge in [-0.15, -0.1) is 0 Å². The Morgan fingerprint density at radius 3 is 2.60 bits per heavy atom. The summed E-state index contributed by atoms with van der Waals surface area (Å²) in [6.07, 6.45) is 3.38. The van der Waals surface area contributed by atoms with E-state index in [2.05, 4.69) is 15.3 Å². The minimum absolute atomic E-state index is 0.0376. The quantitative estimate of drug-likeness (QED) is 0.669. The summed E-state index contributed by atoms with van der Waals surface area (Å²) >= 11 is 0. The number of nitrogens with zero attached hydrogens (tertiary/aromatic N) is 2. The Morgan fingerprint density at radius 1 is 1.33 bits per heavy atom. The molecule has 2 N–H and O–H groups in total. The average Bonchev–Trinajstić information content (AvgIpc) is 2.25. The van der Waals surface area contributed by atoms with Gasteiger partial charge >= 0.3 is 5.97 Å². The molecule has 0 saturated carbocycles. The number of hydrogen-bond acceptors (Lipinski definition) is 4. The van der Waals surface area contributed by atoms with Crippen LogP contribution in [0.4, 0.5) is 0 Å². The van der Waals surface area contributed by atoms with Gasteiger partial charge in [0.1, 0.15) is 0 Å². The third-order valence-electron chi connectivity index (χ3n) is 1.62. The maximum absolute atomic E-state index is 11.3. The Morgan fingerprint density at radius 2 is 2.00 bits per heavy atom. The zero-order chi connectivity index (χ0) is 11.1. The zero-order valence-electron chi connectivity index (χ0n) is 8.01. The van der Waals surface area contributed by atoms with Crippen molar-refractivity contribution in [2.45, 2.75) is 12.8 Å². The van der Waals surface area contributed by atoms with Gasteiger partial charge in [-0.2, -0.15) is 0 Å². The van der Waals surface area contributed by atoms with E-state index in [9.17, 15) is 9.59 Å². The van der Waals surface area contributed by atoms with Gasteiger partial charge in [0.15, 0.2) is 0 Å². The monoisotopic (exact) mass is 209 g/mol. The van der Waals surface area contributed by atoms with Crippen molar-refractivity contribution in [2.75, 3.05) is 6.54 Å². The number of aliphatic carboxylic acids is 1. The molecule has 1 heterocycles. The van der Waals surface area contributed by atoms with Crippen LogP contribution in [0.25, 0.3) is 0 Å². The summed E-state index contributed by atoms with van der Waals surface area (Å²) in [5, 5.41) is 10.9. The van der Waals surface area contributed by atoms with E-state index in [1.807, 2.05) is 0 Å². The molecule has 80 valence electrons. The highest BCUT2D eigenvalue weighted by atomic mass is 16.4. The molecule has 0 radical (unpaired) electrons. The third kappa shape index (κ3) is 4.17. The predicted octanol–water partition coefficient (Wildman–Crippen LogP) is 0.0712. The lowest BCUT2D eigenvalue weighted by atomic mass is 10.3. The van der Waals surface area contributed by atoms with Crippen LogP contribution in [0, 0.1) is 0 Å². The van der Waals surface area contributed by atoms with Crippen molar-refractivity contribution < 1.29 is 14.7 Å². The number of carboxylic acid groups (broad SMARTS) is 1. The molecule has 0 aromatic carbocycles. The normalized spacial score (nSPS) is 9.60. The van der Waals surface area contributed by atoms with Crippen molar-refractivity contribution in [3.8, 4) is 0 Å². The Balaban J connectivity index is 2.28. The van der Waals surface area contributed by atoms with Crippen LogP contribution in [-0.4, -0.2) is 33.5 Å². The molecule has 0 unspecified atom stereocenters. The summed E-state index contributed by atoms with van der Waals surface area (Å²) in [4.78, 5) is 29.0. The number of carbonyl (C=O) groups excluding carboxylic acids is 1. The molecule has 1 amide bonds. The first-order chi connectivity index (χ1) is 7.20. The van der Waals surface area contributed by atoms with Crippen molar-refractivity contribution in [1.29, 1.82) is 0 Å². The average molecular weight is 209 g/mol. The van der Waals surface area contributed by atoms with Gasteiger partial charge in [-0.25, -0.2) is 9.97 Å². The molecular formula is C9H11N3O3. The van der Waals surface area contributed by atoms with Crippen LogP contribution in [-0.2, 0) is 4.79 Å². The van der Waals surface area contributed by atoms with Gasteiger partial charge in [0.2, 0.25) is 5.82 Å². The van der Waals surface area contributed by atoms with Gasteiger partial charge < -0.3 is 10.4 Å². The number of carbonyl (C=O) groups is 2. The van der Waals surface area contributed by atoms with Crippen LogP contribution in [0.2, 0.25) is 0 Å². The van der Waals surface area contributed by atoms with Crippen molar-refractivity contribution in [1.82, 2.24) is 15.3 Å². The standard InChI is InChI=1S/C9H11N3O3/c13-7(14)3-1-4-12-9(15)8-10-5-2-6-11-8/h2,5-6H,1,3-4H2,(H,12,15)(H,13,14). The molecule has 0 fully saturated rings. The molecule has 0 bridgehead atoms. The predicted molar refractivity (Wildman–Crippen MR) is 51.2 cm³/mol. The summed E-state index contributed by atoms with van der Waals surface area (Å²) in [6, 6.07) is 1.61. The fourth-order valence-electron chi connectivity index (χ4n) is 0.937. The molecule has 0 aliphatic carbocycles. The lowest BCUT2D eigenvalue weighted by Gasteiger charge is -2.01. The van der Waals surface area contributed by atoms with E-state index >= 15 is 0 Å². The van der Waals surface area contributed by atoms with Crippen LogP contribution in [0.1, 0.15) is 23.5 Å². The van der Waals surface area contributed by atoms with Crippen molar-refractivity contribution in [2.24, 2.45) is 0 Å². The van der Waals surface area contributed by atoms with Crippen LogP contribution >= 0.6 is 0 Å². The number of aromatic nitrogens is 2. The Labute approximate surface area is 86.4 Å². The molecule has 6 heteroatoms. The first-order valence-electron chi connectivity index (χ1n) is 4.47. The molecule has 6 nitrogen and oxygen atoms in total. The van der Waals surface area contributed by atoms with Gasteiger partial charge in [0, 0.05) is 25.4 Å². The first kappa shape index (κ1) is 11.1. The summed E-state index contributed by atoms with van der Waals surface area (Å²) in [6.45, 7) is 0.309. The SMILES string of the molecule is O=C(O)CCCNC(=O)c1ncccn1. The maximum atomic E-state index is 11.3. The van der Waals surface area contributed by atoms with Crippen molar-refractivity contribution in [3.05, 3.63) is 24.3 Å². The van der Waals surface area contributed by atoms with Gasteiger partial charge in [-0.3, -0.25) is 9.59 Å². The minimum atomic E-state index is -0.875. The minimum Gasteiger partial charge on any atom is -0.481 e. The number of hydrogen-bond donors (Lipinski definition) is 2. The van der Waals surface area contributed by atoms with Crippen LogP contribution in [0.3, 0.4) is 0 Å². The van der Waals surface area contributed by atoms with Crippen molar-refractivity contribution in [3.63, 3.8) is 0 Å². The number of amides is 1. The Hall–Kier alpha value is -1.98. The summed E-state index contributed by atoms with van der Waals surface area (Å²) in [5.41, 5.74) is 0. The topological polar surface area (TPSA) is 92.2 Å². The highest BCUT2D eigenvalue weighted by molar-refractivity contribution is 5.90. The number of rotatable bonds is 5. The first-order valence-corrected chi connectivity index (χ1v) is 4.47. The number of carboxylic acids is 1. The second-order valence-corrected chi connectivity index (χ2v) is 2.83. The van der Waals surface area contributed by atoms with Crippen LogP contribution in [0.5, 0.6) is 0 Å². The van der Waals surface area contributed by atoms with Gasteiger partial charge in [0.25, 0.3) is 5.91 Å². The highest BCUT2D eigenvalue weighted by Crippen LogP contribution is 1.89. The zero-order valence-corrected chi connectivity index (χ0v) is 8.01. The van der Waals surface area contributed by atoms with E-state index in [1.165, 1.54) is 12.4 Å². The van der Waals surface area contributed by atoms with Crippen molar-refractivity contribution >= 4 is 11.9 Å². The van der Waals surface area contributed by atoms with Gasteiger partial charge in [-0.05, 0) is 12.5 Å². The fraction of sp³-hybridized carbons (Fsp3) is 0.333. The Bertz CT molecular complexity index is 340. The second kappa shape index (κ2) is 5.69.